The highest BCUT2D eigenvalue weighted by Crippen LogP contribution is 2.31. The average Bonchev–Trinajstić information content (AvgIpc) is 2.83. The number of halogens is 2. The van der Waals surface area contributed by atoms with E-state index in [9.17, 15) is 0 Å². The van der Waals surface area contributed by atoms with Crippen LogP contribution in [0.15, 0.2) is 38.6 Å². The SMILES string of the molecule is CC(C)CNCc1cccc(Br)c1OCc1sccc1Br. The lowest BCUT2D eigenvalue weighted by molar-refractivity contribution is 0.302. The van der Waals surface area contributed by atoms with Crippen LogP contribution in [0.1, 0.15) is 24.3 Å². The smallest absolute Gasteiger partial charge is 0.138 e. The Morgan fingerprint density at radius 3 is 2.67 bits per heavy atom. The molecule has 0 saturated carbocycles. The molecule has 0 fully saturated rings. The lowest BCUT2D eigenvalue weighted by Crippen LogP contribution is -2.19. The molecular weight excluding hydrogens is 414 g/mol. The average molecular weight is 433 g/mol. The number of thiophene rings is 1. The maximum absolute atomic E-state index is 6.04. The van der Waals surface area contributed by atoms with Gasteiger partial charge in [0.25, 0.3) is 0 Å². The van der Waals surface area contributed by atoms with Gasteiger partial charge in [-0.15, -0.1) is 11.3 Å². The summed E-state index contributed by atoms with van der Waals surface area (Å²) < 4.78 is 8.15. The second-order valence-electron chi connectivity index (χ2n) is 5.23. The van der Waals surface area contributed by atoms with Crippen LogP contribution in [0, 0.1) is 5.92 Å². The summed E-state index contributed by atoms with van der Waals surface area (Å²) in [5.41, 5.74) is 1.18. The van der Waals surface area contributed by atoms with Crippen molar-refractivity contribution in [3.8, 4) is 5.75 Å². The lowest BCUT2D eigenvalue weighted by atomic mass is 10.2. The lowest BCUT2D eigenvalue weighted by Gasteiger charge is -2.14. The highest BCUT2D eigenvalue weighted by molar-refractivity contribution is 9.10. The molecule has 114 valence electrons. The maximum Gasteiger partial charge on any atom is 0.138 e. The Morgan fingerprint density at radius 2 is 2.00 bits per heavy atom. The molecule has 0 bridgehead atoms. The van der Waals surface area contributed by atoms with Gasteiger partial charge in [0.2, 0.25) is 0 Å². The maximum atomic E-state index is 6.04. The van der Waals surface area contributed by atoms with E-state index in [1.807, 2.05) is 12.1 Å². The number of rotatable bonds is 7. The summed E-state index contributed by atoms with van der Waals surface area (Å²) in [4.78, 5) is 1.20. The Balaban J connectivity index is 2.05. The van der Waals surface area contributed by atoms with Crippen LogP contribution < -0.4 is 10.1 Å². The van der Waals surface area contributed by atoms with Crippen molar-refractivity contribution in [2.75, 3.05) is 6.54 Å². The van der Waals surface area contributed by atoms with Crippen LogP contribution in [0.3, 0.4) is 0 Å². The van der Waals surface area contributed by atoms with E-state index in [1.165, 1.54) is 10.4 Å². The van der Waals surface area contributed by atoms with Crippen LogP contribution in [-0.2, 0) is 13.2 Å². The minimum absolute atomic E-state index is 0.581. The van der Waals surface area contributed by atoms with Gasteiger partial charge in [-0.05, 0) is 61.8 Å². The zero-order chi connectivity index (χ0) is 15.2. The van der Waals surface area contributed by atoms with Gasteiger partial charge >= 0.3 is 0 Å². The van der Waals surface area contributed by atoms with Crippen LogP contribution in [0.5, 0.6) is 5.75 Å². The van der Waals surface area contributed by atoms with Gasteiger partial charge < -0.3 is 10.1 Å². The quantitative estimate of drug-likeness (QED) is 0.614. The molecule has 0 saturated heterocycles. The predicted octanol–water partition coefficient (Wildman–Crippen LogP) is 5.60. The number of para-hydroxylation sites is 1. The van der Waals surface area contributed by atoms with E-state index in [0.717, 1.165) is 27.8 Å². The van der Waals surface area contributed by atoms with Crippen molar-refractivity contribution in [3.63, 3.8) is 0 Å². The molecule has 0 aliphatic heterocycles. The summed E-state index contributed by atoms with van der Waals surface area (Å²) in [7, 11) is 0. The van der Waals surface area contributed by atoms with Gasteiger partial charge in [0.15, 0.2) is 0 Å². The van der Waals surface area contributed by atoms with Crippen LogP contribution in [0.2, 0.25) is 0 Å². The number of nitrogens with one attached hydrogen (secondary N) is 1. The second kappa shape index (κ2) is 8.32. The molecular formula is C16H19Br2NOS. The molecule has 2 aromatic rings. The Bertz CT molecular complexity index is 583. The molecule has 5 heteroatoms. The van der Waals surface area contributed by atoms with Crippen molar-refractivity contribution in [2.45, 2.75) is 27.0 Å². The molecule has 0 unspecified atom stereocenters. The van der Waals surface area contributed by atoms with Gasteiger partial charge in [0, 0.05) is 16.6 Å². The fourth-order valence-electron chi connectivity index (χ4n) is 1.92. The summed E-state index contributed by atoms with van der Waals surface area (Å²) >= 11 is 8.83. The van der Waals surface area contributed by atoms with Crippen LogP contribution in [0.25, 0.3) is 0 Å². The molecule has 2 nitrogen and oxygen atoms in total. The minimum atomic E-state index is 0.581. The predicted molar refractivity (Wildman–Crippen MR) is 97.0 cm³/mol. The molecule has 21 heavy (non-hydrogen) atoms. The number of ether oxygens (including phenoxy) is 1. The van der Waals surface area contributed by atoms with E-state index >= 15 is 0 Å². The second-order valence-corrected chi connectivity index (χ2v) is 7.94. The normalized spacial score (nSPS) is 11.1. The molecule has 0 aliphatic carbocycles. The fraction of sp³-hybridized carbons (Fsp3) is 0.375. The molecule has 1 aromatic heterocycles. The van der Waals surface area contributed by atoms with E-state index in [2.05, 4.69) is 68.5 Å². The Kier molecular flexibility index (Phi) is 6.74. The van der Waals surface area contributed by atoms with E-state index in [1.54, 1.807) is 11.3 Å². The summed E-state index contributed by atoms with van der Waals surface area (Å²) in [6.07, 6.45) is 0. The number of hydrogen-bond donors (Lipinski definition) is 1. The molecule has 1 heterocycles. The van der Waals surface area contributed by atoms with E-state index in [-0.39, 0.29) is 0 Å². The number of benzene rings is 1. The summed E-state index contributed by atoms with van der Waals surface area (Å²) in [5.74, 6) is 1.57. The third kappa shape index (κ3) is 5.09. The standard InChI is InChI=1S/C16H19Br2NOS/c1-11(2)8-19-9-12-4-3-5-14(18)16(12)20-10-15-13(17)6-7-21-15/h3-7,11,19H,8-10H2,1-2H3. The minimum Gasteiger partial charge on any atom is -0.487 e. The van der Waals surface area contributed by atoms with Crippen LogP contribution in [0.4, 0.5) is 0 Å². The summed E-state index contributed by atoms with van der Waals surface area (Å²) in [5, 5.41) is 5.53. The molecule has 1 aromatic carbocycles. The molecule has 1 N–H and O–H groups in total. The first kappa shape index (κ1) is 17.0. The fourth-order valence-corrected chi connectivity index (χ4v) is 3.82. The van der Waals surface area contributed by atoms with E-state index in [4.69, 9.17) is 4.74 Å². The van der Waals surface area contributed by atoms with Crippen molar-refractivity contribution in [2.24, 2.45) is 5.92 Å². The summed E-state index contributed by atoms with van der Waals surface area (Å²) in [6.45, 7) is 6.82. The van der Waals surface area contributed by atoms with Gasteiger partial charge in [-0.3, -0.25) is 0 Å². The molecule has 2 rings (SSSR count). The van der Waals surface area contributed by atoms with Crippen LogP contribution in [-0.4, -0.2) is 6.54 Å². The van der Waals surface area contributed by atoms with Gasteiger partial charge in [0.1, 0.15) is 12.4 Å². The first-order chi connectivity index (χ1) is 10.1. The van der Waals surface area contributed by atoms with Crippen molar-refractivity contribution in [1.29, 1.82) is 0 Å². The van der Waals surface area contributed by atoms with Gasteiger partial charge in [-0.2, -0.15) is 0 Å². The molecule has 0 radical (unpaired) electrons. The third-order valence-electron chi connectivity index (χ3n) is 2.96. The topological polar surface area (TPSA) is 21.3 Å². The van der Waals surface area contributed by atoms with Gasteiger partial charge in [0.05, 0.1) is 9.35 Å². The molecule has 0 aliphatic rings. The zero-order valence-electron chi connectivity index (χ0n) is 12.2. The van der Waals surface area contributed by atoms with Gasteiger partial charge in [-0.1, -0.05) is 26.0 Å². The van der Waals surface area contributed by atoms with Crippen LogP contribution >= 0.6 is 43.2 Å². The van der Waals surface area contributed by atoms with E-state index < -0.39 is 0 Å². The largest absolute Gasteiger partial charge is 0.487 e. The molecule has 0 amide bonds. The first-order valence-corrected chi connectivity index (χ1v) is 9.37. The Hall–Kier alpha value is -0.360. The van der Waals surface area contributed by atoms with Gasteiger partial charge in [-0.25, -0.2) is 0 Å². The third-order valence-corrected chi connectivity index (χ3v) is 5.48. The molecule has 0 atom stereocenters. The first-order valence-electron chi connectivity index (χ1n) is 6.90. The highest BCUT2D eigenvalue weighted by atomic mass is 79.9. The Morgan fingerprint density at radius 1 is 1.19 bits per heavy atom. The summed E-state index contributed by atoms with van der Waals surface area (Å²) in [6, 6.07) is 8.22. The van der Waals surface area contributed by atoms with Crippen molar-refractivity contribution < 1.29 is 4.74 Å². The zero-order valence-corrected chi connectivity index (χ0v) is 16.1. The number of hydrogen-bond acceptors (Lipinski definition) is 3. The monoisotopic (exact) mass is 431 g/mol. The van der Waals surface area contributed by atoms with Crippen molar-refractivity contribution in [3.05, 3.63) is 49.0 Å². The highest BCUT2D eigenvalue weighted by Gasteiger charge is 2.10. The Labute approximate surface area is 147 Å². The van der Waals surface area contributed by atoms with Crippen molar-refractivity contribution >= 4 is 43.2 Å². The molecule has 0 spiro atoms. The van der Waals surface area contributed by atoms with E-state index in [0.29, 0.717) is 12.5 Å². The van der Waals surface area contributed by atoms with Crippen molar-refractivity contribution in [1.82, 2.24) is 5.32 Å².